The minimum Gasteiger partial charge on any atom is -0.447 e. The van der Waals surface area contributed by atoms with Gasteiger partial charge in [-0.3, -0.25) is 5.26 Å². The van der Waals surface area contributed by atoms with E-state index in [4.69, 9.17) is 9.99 Å². The molecule has 0 bridgehead atoms. The fourth-order valence-corrected chi connectivity index (χ4v) is 2.21. The minimum atomic E-state index is 0.888. The highest BCUT2D eigenvalue weighted by atomic mass is 32.1. The van der Waals surface area contributed by atoms with Crippen LogP contribution in [0.2, 0.25) is 0 Å². The van der Waals surface area contributed by atoms with Gasteiger partial charge < -0.3 is 4.74 Å². The van der Waals surface area contributed by atoms with Gasteiger partial charge in [0.15, 0.2) is 5.06 Å². The van der Waals surface area contributed by atoms with E-state index in [1.165, 1.54) is 17.6 Å². The van der Waals surface area contributed by atoms with Crippen molar-refractivity contribution in [2.45, 2.75) is 13.8 Å². The third-order valence-electron chi connectivity index (χ3n) is 2.17. The summed E-state index contributed by atoms with van der Waals surface area (Å²) in [6.45, 7) is 4.08. The number of benzene rings is 1. The molecule has 102 valence electrons. The highest BCUT2D eigenvalue weighted by Crippen LogP contribution is 2.30. The van der Waals surface area contributed by atoms with E-state index in [1.54, 1.807) is 11.3 Å². The second-order valence-electron chi connectivity index (χ2n) is 3.75. The van der Waals surface area contributed by atoms with E-state index in [0.717, 1.165) is 10.8 Å². The molecule has 0 unspecified atom stereocenters. The monoisotopic (exact) mass is 278 g/mol. The number of allylic oxidation sites excluding steroid dienone is 1. The molecule has 1 aromatic heterocycles. The summed E-state index contributed by atoms with van der Waals surface area (Å²) in [5, 5.41) is 8.00. The first-order valence-electron chi connectivity index (χ1n) is 5.84. The molecule has 4 heteroatoms. The van der Waals surface area contributed by atoms with Crippen molar-refractivity contribution in [2.75, 3.05) is 7.11 Å². The molecule has 1 heterocycles. The van der Waals surface area contributed by atoms with Crippen LogP contribution in [-0.4, -0.2) is 12.4 Å². The number of aryl methyl sites for hydroxylation is 1. The molecule has 0 radical (unpaired) electrons. The van der Waals surface area contributed by atoms with E-state index >= 15 is 0 Å². The van der Waals surface area contributed by atoms with Crippen LogP contribution in [0.25, 0.3) is 6.08 Å². The maximum Gasteiger partial charge on any atom is 0.181 e. The lowest BCUT2D eigenvalue weighted by Crippen LogP contribution is -1.80. The van der Waals surface area contributed by atoms with Gasteiger partial charge in [0.25, 0.3) is 0 Å². The molecule has 0 aliphatic rings. The summed E-state index contributed by atoms with van der Waals surface area (Å²) < 4.78 is 5.74. The van der Waals surface area contributed by atoms with Crippen molar-refractivity contribution in [3.05, 3.63) is 52.9 Å². The molecule has 2 aromatic rings. The lowest BCUT2D eigenvalue weighted by Gasteiger charge is -2.02. The lowest BCUT2D eigenvalue weighted by atomic mass is 10.2. The van der Waals surface area contributed by atoms with E-state index in [9.17, 15) is 0 Å². The molecular formula is C15H18O3S. The van der Waals surface area contributed by atoms with Gasteiger partial charge in [-0.15, -0.1) is 0 Å². The normalized spacial score (nSPS) is 10.1. The van der Waals surface area contributed by atoms with Gasteiger partial charge in [0, 0.05) is 4.88 Å². The van der Waals surface area contributed by atoms with E-state index in [1.807, 2.05) is 31.2 Å². The van der Waals surface area contributed by atoms with Crippen LogP contribution < -0.4 is 4.74 Å². The summed E-state index contributed by atoms with van der Waals surface area (Å²) in [4.78, 5) is 4.46. The van der Waals surface area contributed by atoms with Crippen LogP contribution >= 0.6 is 11.3 Å². The van der Waals surface area contributed by atoms with E-state index in [2.05, 4.69) is 36.1 Å². The standard InChI is InChI=1S/C14H14OS.CH4O2/c1-3-4-13-9-10-14(16-13)15-12-7-5-11(2)6-8-12;1-3-2/h3-10H,1-2H3;2H,1H3/b4-3+;. The summed E-state index contributed by atoms with van der Waals surface area (Å²) >= 11 is 1.65. The van der Waals surface area contributed by atoms with E-state index in [-0.39, 0.29) is 0 Å². The first kappa shape index (κ1) is 15.4. The predicted molar refractivity (Wildman–Crippen MR) is 79.9 cm³/mol. The molecule has 0 aliphatic heterocycles. The molecule has 0 aliphatic carbocycles. The first-order chi connectivity index (χ1) is 9.19. The van der Waals surface area contributed by atoms with Crippen molar-refractivity contribution in [3.63, 3.8) is 0 Å². The zero-order chi connectivity index (χ0) is 14.1. The molecule has 0 fully saturated rings. The minimum absolute atomic E-state index is 0.888. The highest BCUT2D eigenvalue weighted by molar-refractivity contribution is 7.14. The SMILES string of the molecule is C/C=C/c1ccc(Oc2ccc(C)cc2)s1.COO. The molecule has 0 atom stereocenters. The van der Waals surface area contributed by atoms with Crippen LogP contribution in [0.1, 0.15) is 17.4 Å². The zero-order valence-corrected chi connectivity index (χ0v) is 12.1. The quantitative estimate of drug-likeness (QED) is 0.635. The number of ether oxygens (including phenoxy) is 1. The van der Waals surface area contributed by atoms with Gasteiger partial charge in [-0.25, -0.2) is 4.89 Å². The van der Waals surface area contributed by atoms with Crippen LogP contribution in [0.5, 0.6) is 10.8 Å². The number of hydrogen-bond donors (Lipinski definition) is 1. The van der Waals surface area contributed by atoms with Gasteiger partial charge in [-0.1, -0.05) is 35.1 Å². The fourth-order valence-electron chi connectivity index (χ4n) is 1.37. The Balaban J connectivity index is 0.000000550. The van der Waals surface area contributed by atoms with Crippen molar-refractivity contribution in [2.24, 2.45) is 0 Å². The Morgan fingerprint density at radius 1 is 1.11 bits per heavy atom. The number of thiophene rings is 1. The molecule has 1 aromatic carbocycles. The second kappa shape index (κ2) is 8.48. The maximum atomic E-state index is 7.07. The zero-order valence-electron chi connectivity index (χ0n) is 11.3. The Hall–Kier alpha value is -1.62. The van der Waals surface area contributed by atoms with Gasteiger partial charge in [-0.05, 0) is 44.2 Å². The Morgan fingerprint density at radius 2 is 1.74 bits per heavy atom. The molecule has 2 rings (SSSR count). The van der Waals surface area contributed by atoms with Crippen molar-refractivity contribution in [3.8, 4) is 10.8 Å². The summed E-state index contributed by atoms with van der Waals surface area (Å²) in [7, 11) is 1.18. The van der Waals surface area contributed by atoms with E-state index < -0.39 is 0 Å². The lowest BCUT2D eigenvalue weighted by molar-refractivity contribution is -0.214. The first-order valence-corrected chi connectivity index (χ1v) is 6.66. The van der Waals surface area contributed by atoms with Crippen molar-refractivity contribution in [1.82, 2.24) is 0 Å². The molecule has 0 spiro atoms. The topological polar surface area (TPSA) is 38.7 Å². The van der Waals surface area contributed by atoms with Crippen LogP contribution in [0, 0.1) is 6.92 Å². The Labute approximate surface area is 117 Å². The third-order valence-corrected chi connectivity index (χ3v) is 3.10. The molecule has 3 nitrogen and oxygen atoms in total. The average molecular weight is 278 g/mol. The summed E-state index contributed by atoms with van der Waals surface area (Å²) in [5.41, 5.74) is 1.24. The smallest absolute Gasteiger partial charge is 0.181 e. The Morgan fingerprint density at radius 3 is 2.32 bits per heavy atom. The Bertz CT molecular complexity index is 500. The van der Waals surface area contributed by atoms with Gasteiger partial charge in [0.05, 0.1) is 7.11 Å². The largest absolute Gasteiger partial charge is 0.447 e. The Kier molecular flexibility index (Phi) is 6.89. The van der Waals surface area contributed by atoms with Crippen molar-refractivity contribution in [1.29, 1.82) is 0 Å². The average Bonchev–Trinajstić information content (AvgIpc) is 2.81. The summed E-state index contributed by atoms with van der Waals surface area (Å²) in [5.74, 6) is 0.888. The van der Waals surface area contributed by atoms with Gasteiger partial charge in [-0.2, -0.15) is 0 Å². The van der Waals surface area contributed by atoms with Crippen molar-refractivity contribution < 1.29 is 14.9 Å². The summed E-state index contributed by atoms with van der Waals surface area (Å²) in [6, 6.07) is 12.1. The van der Waals surface area contributed by atoms with Gasteiger partial charge >= 0.3 is 0 Å². The molecule has 1 N–H and O–H groups in total. The maximum absolute atomic E-state index is 7.07. The van der Waals surface area contributed by atoms with Crippen molar-refractivity contribution >= 4 is 17.4 Å². The van der Waals surface area contributed by atoms with Crippen LogP contribution in [0.3, 0.4) is 0 Å². The summed E-state index contributed by atoms with van der Waals surface area (Å²) in [6.07, 6.45) is 4.11. The van der Waals surface area contributed by atoms with Crippen LogP contribution in [0.15, 0.2) is 42.5 Å². The molecule has 0 saturated carbocycles. The van der Waals surface area contributed by atoms with Crippen LogP contribution in [-0.2, 0) is 4.89 Å². The van der Waals surface area contributed by atoms with E-state index in [0.29, 0.717) is 0 Å². The van der Waals surface area contributed by atoms with Gasteiger partial charge in [0.1, 0.15) is 5.75 Å². The molecular weight excluding hydrogens is 260 g/mol. The second-order valence-corrected chi connectivity index (χ2v) is 4.83. The number of hydrogen-bond acceptors (Lipinski definition) is 4. The highest BCUT2D eigenvalue weighted by Gasteiger charge is 2.00. The molecule has 19 heavy (non-hydrogen) atoms. The third kappa shape index (κ3) is 5.70. The number of rotatable bonds is 3. The molecule has 0 saturated heterocycles. The fraction of sp³-hybridized carbons (Fsp3) is 0.200. The van der Waals surface area contributed by atoms with Crippen LogP contribution in [0.4, 0.5) is 0 Å². The predicted octanol–water partition coefficient (Wildman–Crippen LogP) is 4.99. The molecule has 0 amide bonds. The van der Waals surface area contributed by atoms with Gasteiger partial charge in [0.2, 0.25) is 0 Å².